The van der Waals surface area contributed by atoms with Gasteiger partial charge in [0.1, 0.15) is 5.75 Å². The zero-order valence-corrected chi connectivity index (χ0v) is 14.9. The molecule has 7 heteroatoms. The van der Waals surface area contributed by atoms with Crippen LogP contribution in [0.3, 0.4) is 0 Å². The predicted molar refractivity (Wildman–Crippen MR) is 93.9 cm³/mol. The highest BCUT2D eigenvalue weighted by Gasteiger charge is 2.29. The van der Waals surface area contributed by atoms with Crippen LogP contribution in [-0.2, 0) is 27.2 Å². The summed E-state index contributed by atoms with van der Waals surface area (Å²) in [7, 11) is 1.61. The van der Waals surface area contributed by atoms with Gasteiger partial charge in [0, 0.05) is 26.6 Å². The molecule has 3 rings (SSSR count). The van der Waals surface area contributed by atoms with Gasteiger partial charge in [0.05, 0.1) is 25.5 Å². The molecule has 7 nitrogen and oxygen atoms in total. The average Bonchev–Trinajstić information content (AvgIpc) is 3.09. The number of carbonyl (C=O) groups is 3. The number of benzene rings is 1. The van der Waals surface area contributed by atoms with Crippen LogP contribution in [0.15, 0.2) is 18.2 Å². The van der Waals surface area contributed by atoms with E-state index in [0.29, 0.717) is 26.0 Å². The molecule has 1 saturated heterocycles. The fourth-order valence-corrected chi connectivity index (χ4v) is 3.46. The van der Waals surface area contributed by atoms with Crippen molar-refractivity contribution in [3.63, 3.8) is 0 Å². The van der Waals surface area contributed by atoms with Crippen LogP contribution < -0.4 is 4.74 Å². The summed E-state index contributed by atoms with van der Waals surface area (Å²) >= 11 is 0. The molecule has 2 amide bonds. The standard InChI is InChI=1S/C19H24N2O5/c1-20(12-18(23)21-7-2-3-15(11-21)19(24)25)17(22)10-13-4-5-16-14(9-13)6-8-26-16/h4-5,9,15H,2-3,6-8,10-12H2,1H3,(H,24,25). The van der Waals surface area contributed by atoms with E-state index >= 15 is 0 Å². The van der Waals surface area contributed by atoms with Gasteiger partial charge in [-0.05, 0) is 30.0 Å². The van der Waals surface area contributed by atoms with Crippen LogP contribution in [0, 0.1) is 5.92 Å². The number of piperidine rings is 1. The summed E-state index contributed by atoms with van der Waals surface area (Å²) in [5.74, 6) is -0.837. The van der Waals surface area contributed by atoms with E-state index in [-0.39, 0.29) is 31.3 Å². The average molecular weight is 360 g/mol. The lowest BCUT2D eigenvalue weighted by molar-refractivity contribution is -0.147. The number of ether oxygens (including phenoxy) is 1. The normalized spacial score (nSPS) is 18.8. The Labute approximate surface area is 152 Å². The van der Waals surface area contributed by atoms with Crippen LogP contribution in [0.1, 0.15) is 24.0 Å². The lowest BCUT2D eigenvalue weighted by Crippen LogP contribution is -2.47. The number of amides is 2. The predicted octanol–water partition coefficient (Wildman–Crippen LogP) is 0.946. The van der Waals surface area contributed by atoms with E-state index in [9.17, 15) is 14.4 Å². The van der Waals surface area contributed by atoms with E-state index in [2.05, 4.69) is 0 Å². The molecule has 0 spiro atoms. The monoisotopic (exact) mass is 360 g/mol. The smallest absolute Gasteiger partial charge is 0.308 e. The largest absolute Gasteiger partial charge is 0.493 e. The summed E-state index contributed by atoms with van der Waals surface area (Å²) in [4.78, 5) is 38.9. The molecule has 2 aliphatic heterocycles. The Morgan fingerprint density at radius 2 is 2.15 bits per heavy atom. The number of likely N-dealkylation sites (tertiary alicyclic amines) is 1. The Morgan fingerprint density at radius 3 is 2.92 bits per heavy atom. The Kier molecular flexibility index (Phi) is 5.44. The molecule has 1 aromatic carbocycles. The summed E-state index contributed by atoms with van der Waals surface area (Å²) in [5, 5.41) is 9.13. The van der Waals surface area contributed by atoms with E-state index in [1.54, 1.807) is 11.9 Å². The van der Waals surface area contributed by atoms with Crippen LogP contribution in [-0.4, -0.2) is 66.0 Å². The summed E-state index contributed by atoms with van der Waals surface area (Å²) in [6.45, 7) is 1.42. The molecule has 1 aromatic rings. The van der Waals surface area contributed by atoms with Gasteiger partial charge in [0.2, 0.25) is 11.8 Å². The number of carboxylic acid groups (broad SMARTS) is 1. The van der Waals surface area contributed by atoms with Gasteiger partial charge < -0.3 is 19.6 Å². The van der Waals surface area contributed by atoms with E-state index in [4.69, 9.17) is 9.84 Å². The van der Waals surface area contributed by atoms with Crippen molar-refractivity contribution < 1.29 is 24.2 Å². The molecule has 0 saturated carbocycles. The van der Waals surface area contributed by atoms with Crippen molar-refractivity contribution in [3.05, 3.63) is 29.3 Å². The van der Waals surface area contributed by atoms with Crippen molar-refractivity contribution in [2.75, 3.05) is 33.3 Å². The number of likely N-dealkylation sites (N-methyl/N-ethyl adjacent to an activating group) is 1. The van der Waals surface area contributed by atoms with Gasteiger partial charge in [0.25, 0.3) is 0 Å². The first kappa shape index (κ1) is 18.2. The quantitative estimate of drug-likeness (QED) is 0.845. The van der Waals surface area contributed by atoms with Gasteiger partial charge in [-0.3, -0.25) is 14.4 Å². The maximum atomic E-state index is 12.4. The SMILES string of the molecule is CN(CC(=O)N1CCCC(C(=O)O)C1)C(=O)Cc1ccc2c(c1)CCO2. The number of rotatable bonds is 5. The number of hydrogen-bond acceptors (Lipinski definition) is 4. The number of hydrogen-bond donors (Lipinski definition) is 1. The number of carboxylic acids is 1. The molecule has 140 valence electrons. The first-order valence-electron chi connectivity index (χ1n) is 8.93. The highest BCUT2D eigenvalue weighted by Crippen LogP contribution is 2.26. The Bertz CT molecular complexity index is 718. The van der Waals surface area contributed by atoms with Gasteiger partial charge in [-0.15, -0.1) is 0 Å². The number of aliphatic carboxylic acids is 1. The molecule has 1 unspecified atom stereocenters. The molecule has 0 aliphatic carbocycles. The summed E-state index contributed by atoms with van der Waals surface area (Å²) in [6.07, 6.45) is 2.35. The second-order valence-corrected chi connectivity index (χ2v) is 6.98. The highest BCUT2D eigenvalue weighted by molar-refractivity contribution is 5.86. The van der Waals surface area contributed by atoms with Crippen molar-refractivity contribution >= 4 is 17.8 Å². The zero-order valence-electron chi connectivity index (χ0n) is 14.9. The summed E-state index contributed by atoms with van der Waals surface area (Å²) in [6, 6.07) is 5.74. The third-order valence-electron chi connectivity index (χ3n) is 5.03. The van der Waals surface area contributed by atoms with Crippen LogP contribution >= 0.6 is 0 Å². The highest BCUT2D eigenvalue weighted by atomic mass is 16.5. The van der Waals surface area contributed by atoms with Gasteiger partial charge in [0.15, 0.2) is 0 Å². The fraction of sp³-hybridized carbons (Fsp3) is 0.526. The summed E-state index contributed by atoms with van der Waals surface area (Å²) < 4.78 is 5.46. The third kappa shape index (κ3) is 4.15. The van der Waals surface area contributed by atoms with Crippen LogP contribution in [0.4, 0.5) is 0 Å². The second-order valence-electron chi connectivity index (χ2n) is 6.98. The van der Waals surface area contributed by atoms with Gasteiger partial charge in [-0.25, -0.2) is 0 Å². The Hall–Kier alpha value is -2.57. The van der Waals surface area contributed by atoms with Crippen LogP contribution in [0.5, 0.6) is 5.75 Å². The van der Waals surface area contributed by atoms with Crippen molar-refractivity contribution in [1.82, 2.24) is 9.80 Å². The molecule has 1 N–H and O–H groups in total. The number of fused-ring (bicyclic) bond motifs is 1. The maximum Gasteiger partial charge on any atom is 0.308 e. The third-order valence-corrected chi connectivity index (χ3v) is 5.03. The van der Waals surface area contributed by atoms with Gasteiger partial charge >= 0.3 is 5.97 Å². The molecule has 0 radical (unpaired) electrons. The minimum atomic E-state index is -0.868. The lowest BCUT2D eigenvalue weighted by atomic mass is 9.98. The summed E-state index contributed by atoms with van der Waals surface area (Å²) in [5.41, 5.74) is 2.02. The number of nitrogens with zero attached hydrogens (tertiary/aromatic N) is 2. The van der Waals surface area contributed by atoms with Crippen molar-refractivity contribution in [1.29, 1.82) is 0 Å². The van der Waals surface area contributed by atoms with Crippen molar-refractivity contribution in [2.24, 2.45) is 5.92 Å². The maximum absolute atomic E-state index is 12.4. The molecule has 0 aromatic heterocycles. The number of carbonyl (C=O) groups excluding carboxylic acids is 2. The van der Waals surface area contributed by atoms with Crippen LogP contribution in [0.2, 0.25) is 0 Å². The van der Waals surface area contributed by atoms with Crippen molar-refractivity contribution in [2.45, 2.75) is 25.7 Å². The molecule has 0 bridgehead atoms. The van der Waals surface area contributed by atoms with E-state index in [0.717, 1.165) is 23.3 Å². The molecular formula is C19H24N2O5. The van der Waals surface area contributed by atoms with E-state index < -0.39 is 11.9 Å². The Morgan fingerprint density at radius 1 is 1.35 bits per heavy atom. The van der Waals surface area contributed by atoms with Crippen molar-refractivity contribution in [3.8, 4) is 5.75 Å². The minimum absolute atomic E-state index is 0.0285. The van der Waals surface area contributed by atoms with E-state index in [1.165, 1.54) is 4.90 Å². The second kappa shape index (κ2) is 7.76. The van der Waals surface area contributed by atoms with Crippen LogP contribution in [0.25, 0.3) is 0 Å². The molecule has 1 atom stereocenters. The zero-order chi connectivity index (χ0) is 18.7. The first-order valence-corrected chi connectivity index (χ1v) is 8.93. The fourth-order valence-electron chi connectivity index (χ4n) is 3.46. The van der Waals surface area contributed by atoms with Gasteiger partial charge in [-0.2, -0.15) is 0 Å². The molecular weight excluding hydrogens is 336 g/mol. The molecule has 2 aliphatic rings. The van der Waals surface area contributed by atoms with E-state index in [1.807, 2.05) is 18.2 Å². The topological polar surface area (TPSA) is 87.2 Å². The molecule has 1 fully saturated rings. The lowest BCUT2D eigenvalue weighted by Gasteiger charge is -2.32. The molecule has 26 heavy (non-hydrogen) atoms. The first-order chi connectivity index (χ1) is 12.4. The van der Waals surface area contributed by atoms with Gasteiger partial charge in [-0.1, -0.05) is 12.1 Å². The minimum Gasteiger partial charge on any atom is -0.493 e. The molecule has 2 heterocycles. The Balaban J connectivity index is 1.53.